The summed E-state index contributed by atoms with van der Waals surface area (Å²) in [7, 11) is 0. The Balaban J connectivity index is 0.690. The van der Waals surface area contributed by atoms with Gasteiger partial charge in [0.2, 0.25) is 11.8 Å². The molecule has 9 rings (SSSR count). The number of primary amides is 1. The van der Waals surface area contributed by atoms with Gasteiger partial charge in [-0.2, -0.15) is 0 Å². The van der Waals surface area contributed by atoms with Gasteiger partial charge in [0.25, 0.3) is 11.8 Å². The highest BCUT2D eigenvalue weighted by molar-refractivity contribution is 6.25. The maximum absolute atomic E-state index is 13.7. The Labute approximate surface area is 379 Å². The predicted octanol–water partition coefficient (Wildman–Crippen LogP) is 2.43. The number of hydrogen-bond donors (Lipinski definition) is 4. The first-order valence-electron chi connectivity index (χ1n) is 23.0. The molecule has 6 heterocycles. The normalized spacial score (nSPS) is 22.8. The van der Waals surface area contributed by atoms with Gasteiger partial charge in [0.1, 0.15) is 28.9 Å². The molecule has 6 amide bonds. The number of urea groups is 1. The first-order valence-corrected chi connectivity index (χ1v) is 23.0. The van der Waals surface area contributed by atoms with Crippen molar-refractivity contribution in [3.63, 3.8) is 0 Å². The minimum absolute atomic E-state index is 0.0842. The van der Waals surface area contributed by atoms with Crippen molar-refractivity contribution in [3.05, 3.63) is 95.1 Å². The fourth-order valence-electron chi connectivity index (χ4n) is 10.1. The second-order valence-corrected chi connectivity index (χ2v) is 17.9. The highest BCUT2D eigenvalue weighted by Crippen LogP contribution is 2.32. The van der Waals surface area contributed by atoms with Crippen LogP contribution in [0, 0.1) is 5.92 Å². The fourth-order valence-corrected chi connectivity index (χ4v) is 10.1. The van der Waals surface area contributed by atoms with E-state index in [2.05, 4.69) is 36.4 Å². The van der Waals surface area contributed by atoms with E-state index in [4.69, 9.17) is 16.2 Å². The quantitative estimate of drug-likeness (QED) is 0.163. The molecule has 65 heavy (non-hydrogen) atoms. The molecule has 0 aliphatic carbocycles. The van der Waals surface area contributed by atoms with Crippen LogP contribution >= 0.6 is 0 Å². The van der Waals surface area contributed by atoms with E-state index in [1.54, 1.807) is 29.2 Å². The summed E-state index contributed by atoms with van der Waals surface area (Å²) in [5.41, 5.74) is 16.2. The number of likely N-dealkylation sites (tertiary alicyclic amines) is 1. The Morgan fingerprint density at radius 2 is 1.40 bits per heavy atom. The van der Waals surface area contributed by atoms with Crippen molar-refractivity contribution in [2.45, 2.75) is 50.7 Å². The molecule has 0 aromatic heterocycles. The topological polar surface area (TPSA) is 202 Å². The van der Waals surface area contributed by atoms with E-state index in [0.717, 1.165) is 88.6 Å². The van der Waals surface area contributed by atoms with Crippen molar-refractivity contribution in [1.82, 2.24) is 35.1 Å². The van der Waals surface area contributed by atoms with Crippen LogP contribution in [0.5, 0.6) is 11.5 Å². The Morgan fingerprint density at radius 3 is 2.08 bits per heavy atom. The zero-order valence-corrected chi connectivity index (χ0v) is 36.8. The van der Waals surface area contributed by atoms with Gasteiger partial charge in [0.05, 0.1) is 5.70 Å². The lowest BCUT2D eigenvalue weighted by Crippen LogP contribution is -2.56. The minimum Gasteiger partial charge on any atom is -0.457 e. The Morgan fingerprint density at radius 1 is 0.738 bits per heavy atom. The number of para-hydroxylation sites is 1. The Bertz CT molecular complexity index is 2330. The number of piperazine rings is 2. The number of imide groups is 1. The van der Waals surface area contributed by atoms with Crippen molar-refractivity contribution in [2.24, 2.45) is 22.4 Å². The van der Waals surface area contributed by atoms with Crippen LogP contribution in [0.25, 0.3) is 5.70 Å². The third kappa shape index (κ3) is 9.81. The summed E-state index contributed by atoms with van der Waals surface area (Å²) in [5.74, 6) is 0.626. The summed E-state index contributed by atoms with van der Waals surface area (Å²) in [6, 6.07) is 22.3. The van der Waals surface area contributed by atoms with Gasteiger partial charge in [-0.15, -0.1) is 0 Å². The van der Waals surface area contributed by atoms with Crippen LogP contribution in [0.15, 0.2) is 83.4 Å². The van der Waals surface area contributed by atoms with Gasteiger partial charge in [0, 0.05) is 115 Å². The molecule has 0 spiro atoms. The van der Waals surface area contributed by atoms with E-state index >= 15 is 0 Å². The minimum atomic E-state index is -0.644. The molecule has 3 aromatic carbocycles. The third-order valence-electron chi connectivity index (χ3n) is 13.9. The average Bonchev–Trinajstić information content (AvgIpc) is 3.66. The molecule has 2 unspecified atom stereocenters. The van der Waals surface area contributed by atoms with Crippen molar-refractivity contribution < 1.29 is 28.7 Å². The van der Waals surface area contributed by atoms with Gasteiger partial charge in [-0.25, -0.2) is 4.79 Å². The van der Waals surface area contributed by atoms with Gasteiger partial charge in [-0.3, -0.25) is 39.3 Å². The summed E-state index contributed by atoms with van der Waals surface area (Å²) >= 11 is 0. The van der Waals surface area contributed by atoms with Crippen LogP contribution < -0.4 is 31.7 Å². The van der Waals surface area contributed by atoms with E-state index in [9.17, 15) is 24.0 Å². The molecule has 6 aliphatic heterocycles. The van der Waals surface area contributed by atoms with Crippen LogP contribution in [-0.4, -0.2) is 157 Å². The number of nitrogens with zero attached hydrogens (tertiary/aromatic N) is 7. The summed E-state index contributed by atoms with van der Waals surface area (Å²) in [4.78, 5) is 81.3. The number of nitrogens with two attached hydrogens (primary N) is 2. The highest BCUT2D eigenvalue weighted by atomic mass is 16.5. The first-order chi connectivity index (χ1) is 31.6. The summed E-state index contributed by atoms with van der Waals surface area (Å²) < 4.78 is 5.91. The molecule has 342 valence electrons. The monoisotopic (exact) mass is 885 g/mol. The molecule has 17 heteroatoms. The average molecular weight is 886 g/mol. The Kier molecular flexibility index (Phi) is 13.0. The van der Waals surface area contributed by atoms with E-state index in [1.807, 2.05) is 52.3 Å². The van der Waals surface area contributed by atoms with Crippen molar-refractivity contribution in [3.8, 4) is 11.5 Å². The van der Waals surface area contributed by atoms with Crippen LogP contribution in [0.2, 0.25) is 0 Å². The first kappa shape index (κ1) is 43.8. The lowest BCUT2D eigenvalue weighted by Gasteiger charge is -2.42. The van der Waals surface area contributed by atoms with Crippen molar-refractivity contribution >= 4 is 46.9 Å². The molecule has 3 aromatic rings. The number of aliphatic imine (C=N–C) groups is 1. The second kappa shape index (κ2) is 19.3. The third-order valence-corrected chi connectivity index (χ3v) is 13.9. The molecule has 0 radical (unpaired) electrons. The number of amides is 6. The van der Waals surface area contributed by atoms with E-state index in [0.29, 0.717) is 74.3 Å². The van der Waals surface area contributed by atoms with Gasteiger partial charge >= 0.3 is 6.03 Å². The van der Waals surface area contributed by atoms with E-state index in [-0.39, 0.29) is 41.6 Å². The number of anilines is 1. The molecule has 17 nitrogen and oxygen atoms in total. The lowest BCUT2D eigenvalue weighted by atomic mass is 9.86. The molecule has 2 atom stereocenters. The maximum Gasteiger partial charge on any atom is 0.320 e. The number of nitrogens with one attached hydrogen (secondary N) is 2. The van der Waals surface area contributed by atoms with Gasteiger partial charge in [-0.1, -0.05) is 18.2 Å². The summed E-state index contributed by atoms with van der Waals surface area (Å²) in [6.45, 7) is 11.0. The number of fused-ring (bicyclic) bond motifs is 1. The lowest BCUT2D eigenvalue weighted by molar-refractivity contribution is -0.137. The van der Waals surface area contributed by atoms with Crippen LogP contribution in [0.4, 0.5) is 10.5 Å². The predicted molar refractivity (Wildman–Crippen MR) is 246 cm³/mol. The molecule has 6 N–H and O–H groups in total. The largest absolute Gasteiger partial charge is 0.457 e. The number of hydrogen-bond acceptors (Lipinski definition) is 12. The number of rotatable bonds is 11. The fraction of sp³-hybridized carbons (Fsp3) is 0.458. The summed E-state index contributed by atoms with van der Waals surface area (Å²) in [5, 5.41) is 5.88. The van der Waals surface area contributed by atoms with Crippen LogP contribution in [-0.2, 0) is 20.9 Å². The molecule has 4 fully saturated rings. The number of ether oxygens (including phenoxy) is 1. The molecule has 4 saturated heterocycles. The summed E-state index contributed by atoms with van der Waals surface area (Å²) in [6.07, 6.45) is 3.13. The van der Waals surface area contributed by atoms with Crippen LogP contribution in [0.1, 0.15) is 53.6 Å². The Hall–Kier alpha value is -6.46. The number of amidine groups is 1. The smallest absolute Gasteiger partial charge is 0.320 e. The zero-order chi connectivity index (χ0) is 45.0. The second-order valence-electron chi connectivity index (χ2n) is 17.9. The molecule has 0 bridgehead atoms. The number of benzene rings is 3. The molecule has 0 saturated carbocycles. The highest BCUT2D eigenvalue weighted by Gasteiger charge is 2.40. The number of carbonyl (C=O) groups excluding carboxylic acids is 5. The molecular formula is C48H59N11O6. The maximum atomic E-state index is 13.7. The standard InChI is InChI=1S/C48H59N11O6/c49-43(33-6-9-37(10-7-33)65-36-4-2-1-3-5-36)42(44(50)61)45-51-17-14-39(52-45)32-15-18-57(19-16-32)48(64)58-28-24-55(25-29-58)21-20-54-22-26-56(27-23-54)35-8-11-38-34(30-35)31-59(47(38)63)40-12-13-41(60)53-46(40)62/h1-11,30,32,39-40H,12-29,31,49H2,(H2,50,61)(H,51,52)(H,53,60,62)/b43-42-. The SMILES string of the molecule is NC(=O)/C(C1=NCCC(C2CCN(C(=O)N3CCN(CCN4CCN(c5ccc6c(c5)CN(C5CCC(=O)NC5=O)C6=O)CC4)CC3)CC2)N1)=C(/N)c1ccc(Oc2ccccc2)cc1. The van der Waals surface area contributed by atoms with Gasteiger partial charge in [-0.05, 0) is 97.3 Å². The molecule has 6 aliphatic rings. The van der Waals surface area contributed by atoms with Gasteiger partial charge < -0.3 is 41.1 Å². The van der Waals surface area contributed by atoms with Crippen molar-refractivity contribution in [2.75, 3.05) is 90.0 Å². The van der Waals surface area contributed by atoms with Crippen molar-refractivity contribution in [1.29, 1.82) is 0 Å². The van der Waals surface area contributed by atoms with E-state index < -0.39 is 17.9 Å². The number of piperidine rings is 2. The molecular weight excluding hydrogens is 827 g/mol. The van der Waals surface area contributed by atoms with Gasteiger partial charge in [0.15, 0.2) is 0 Å². The number of carbonyl (C=O) groups is 5. The zero-order valence-electron chi connectivity index (χ0n) is 36.8. The van der Waals surface area contributed by atoms with E-state index in [1.165, 1.54) is 0 Å². The van der Waals surface area contributed by atoms with Crippen LogP contribution in [0.3, 0.4) is 0 Å².